The summed E-state index contributed by atoms with van der Waals surface area (Å²) in [6.07, 6.45) is 0. The van der Waals surface area contributed by atoms with Gasteiger partial charge in [0.2, 0.25) is 11.8 Å². The van der Waals surface area contributed by atoms with Crippen LogP contribution in [-0.4, -0.2) is 52.6 Å². The first-order valence-electron chi connectivity index (χ1n) is 7.31. The monoisotopic (exact) mass is 310 g/mol. The van der Waals surface area contributed by atoms with Crippen LogP contribution < -0.4 is 10.6 Å². The average molecular weight is 310 g/mol. The molecule has 0 atom stereocenters. The molecule has 0 unspecified atom stereocenters. The van der Waals surface area contributed by atoms with Crippen LogP contribution in [0.5, 0.6) is 0 Å². The lowest BCUT2D eigenvalue weighted by Crippen LogP contribution is -2.48. The Morgan fingerprint density at radius 2 is 2.09 bits per heavy atom. The minimum atomic E-state index is -0.254. The largest absolute Gasteiger partial charge is 0.357 e. The predicted molar refractivity (Wildman–Crippen MR) is 84.4 cm³/mol. The highest BCUT2D eigenvalue weighted by molar-refractivity contribution is 5.86. The summed E-state index contributed by atoms with van der Waals surface area (Å²) < 4.78 is 4.91. The molecule has 0 bridgehead atoms. The molecule has 1 heterocycles. The SMILES string of the molecule is CCNC(=NCc1noc(C)n1)N(C)CC(=O)NC(C)(C)C. The molecule has 1 aromatic rings. The van der Waals surface area contributed by atoms with E-state index in [2.05, 4.69) is 25.8 Å². The average Bonchev–Trinajstić information content (AvgIpc) is 2.77. The fourth-order valence-electron chi connectivity index (χ4n) is 1.77. The van der Waals surface area contributed by atoms with E-state index in [0.717, 1.165) is 0 Å². The number of rotatable bonds is 5. The Hall–Kier alpha value is -2.12. The van der Waals surface area contributed by atoms with Crippen molar-refractivity contribution in [2.75, 3.05) is 20.1 Å². The van der Waals surface area contributed by atoms with Crippen LogP contribution >= 0.6 is 0 Å². The number of hydrogen-bond donors (Lipinski definition) is 2. The number of likely N-dealkylation sites (N-methyl/N-ethyl adjacent to an activating group) is 1. The Balaban J connectivity index is 2.66. The van der Waals surface area contributed by atoms with Gasteiger partial charge >= 0.3 is 0 Å². The molecule has 0 aliphatic heterocycles. The Kier molecular flexibility index (Phi) is 6.33. The van der Waals surface area contributed by atoms with Gasteiger partial charge < -0.3 is 20.1 Å². The van der Waals surface area contributed by atoms with E-state index < -0.39 is 0 Å². The van der Waals surface area contributed by atoms with Crippen molar-refractivity contribution in [3.05, 3.63) is 11.7 Å². The smallest absolute Gasteiger partial charge is 0.240 e. The summed E-state index contributed by atoms with van der Waals surface area (Å²) in [6.45, 7) is 10.8. The zero-order chi connectivity index (χ0) is 16.8. The van der Waals surface area contributed by atoms with Gasteiger partial charge in [0.15, 0.2) is 11.8 Å². The lowest BCUT2D eigenvalue weighted by atomic mass is 10.1. The third-order valence-corrected chi connectivity index (χ3v) is 2.53. The number of amides is 1. The number of carbonyl (C=O) groups is 1. The van der Waals surface area contributed by atoms with Gasteiger partial charge in [0.1, 0.15) is 6.54 Å². The number of nitrogens with zero attached hydrogens (tertiary/aromatic N) is 4. The Morgan fingerprint density at radius 3 is 2.59 bits per heavy atom. The highest BCUT2D eigenvalue weighted by atomic mass is 16.5. The van der Waals surface area contributed by atoms with Crippen LogP contribution in [0.15, 0.2) is 9.52 Å². The number of guanidine groups is 1. The van der Waals surface area contributed by atoms with Gasteiger partial charge in [-0.1, -0.05) is 5.16 Å². The van der Waals surface area contributed by atoms with Crippen LogP contribution in [0.4, 0.5) is 0 Å². The predicted octanol–water partition coefficient (Wildman–Crippen LogP) is 0.690. The topological polar surface area (TPSA) is 95.7 Å². The normalized spacial score (nSPS) is 12.2. The van der Waals surface area contributed by atoms with Crippen LogP contribution in [-0.2, 0) is 11.3 Å². The number of hydrogen-bond acceptors (Lipinski definition) is 5. The number of nitrogens with one attached hydrogen (secondary N) is 2. The fraction of sp³-hybridized carbons (Fsp3) is 0.714. The molecule has 22 heavy (non-hydrogen) atoms. The number of aromatic nitrogens is 2. The van der Waals surface area contributed by atoms with Gasteiger partial charge in [-0.15, -0.1) is 0 Å². The van der Waals surface area contributed by atoms with Crippen molar-refractivity contribution in [1.29, 1.82) is 0 Å². The van der Waals surface area contributed by atoms with Crippen molar-refractivity contribution in [2.24, 2.45) is 4.99 Å². The molecule has 1 rings (SSSR count). The summed E-state index contributed by atoms with van der Waals surface area (Å²) in [4.78, 5) is 22.3. The molecule has 8 heteroatoms. The van der Waals surface area contributed by atoms with Gasteiger partial charge in [0.25, 0.3) is 0 Å². The van der Waals surface area contributed by atoms with Crippen molar-refractivity contribution in [1.82, 2.24) is 25.7 Å². The van der Waals surface area contributed by atoms with Gasteiger partial charge in [-0.3, -0.25) is 4.79 Å². The molecule has 8 nitrogen and oxygen atoms in total. The highest BCUT2D eigenvalue weighted by Gasteiger charge is 2.16. The molecular weight excluding hydrogens is 284 g/mol. The van der Waals surface area contributed by atoms with E-state index in [-0.39, 0.29) is 18.0 Å². The quantitative estimate of drug-likeness (QED) is 0.613. The van der Waals surface area contributed by atoms with Crippen molar-refractivity contribution in [3.63, 3.8) is 0 Å². The maximum Gasteiger partial charge on any atom is 0.240 e. The van der Waals surface area contributed by atoms with Crippen molar-refractivity contribution >= 4 is 11.9 Å². The first-order valence-corrected chi connectivity index (χ1v) is 7.31. The zero-order valence-electron chi connectivity index (χ0n) is 14.2. The molecule has 0 aliphatic carbocycles. The number of carbonyl (C=O) groups excluding carboxylic acids is 1. The summed E-state index contributed by atoms with van der Waals surface area (Å²) in [6, 6.07) is 0. The molecule has 0 radical (unpaired) electrons. The third kappa shape index (κ3) is 6.55. The van der Waals surface area contributed by atoms with E-state index in [4.69, 9.17) is 4.52 Å². The van der Waals surface area contributed by atoms with Crippen LogP contribution in [0.2, 0.25) is 0 Å². The maximum absolute atomic E-state index is 12.0. The first-order chi connectivity index (χ1) is 10.2. The minimum Gasteiger partial charge on any atom is -0.357 e. The summed E-state index contributed by atoms with van der Waals surface area (Å²) in [5.41, 5.74) is -0.254. The Labute approximate surface area is 131 Å². The summed E-state index contributed by atoms with van der Waals surface area (Å²) in [5, 5.41) is 9.86. The second kappa shape index (κ2) is 7.77. The van der Waals surface area contributed by atoms with Crippen molar-refractivity contribution in [2.45, 2.75) is 46.7 Å². The molecule has 0 aliphatic rings. The van der Waals surface area contributed by atoms with Crippen LogP contribution in [0.3, 0.4) is 0 Å². The Bertz CT molecular complexity index is 518. The molecule has 0 saturated heterocycles. The van der Waals surface area contributed by atoms with E-state index in [1.807, 2.05) is 34.7 Å². The zero-order valence-corrected chi connectivity index (χ0v) is 14.2. The molecule has 124 valence electrons. The van der Waals surface area contributed by atoms with Gasteiger partial charge in [0, 0.05) is 26.1 Å². The summed E-state index contributed by atoms with van der Waals surface area (Å²) in [5.74, 6) is 1.58. The molecular formula is C14H26N6O2. The second-order valence-electron chi connectivity index (χ2n) is 6.05. The Morgan fingerprint density at radius 1 is 1.41 bits per heavy atom. The van der Waals surface area contributed by atoms with E-state index in [1.165, 1.54) is 0 Å². The molecule has 2 N–H and O–H groups in total. The lowest BCUT2D eigenvalue weighted by molar-refractivity contribution is -0.122. The van der Waals surface area contributed by atoms with E-state index in [1.54, 1.807) is 11.8 Å². The molecule has 1 amide bonds. The fourth-order valence-corrected chi connectivity index (χ4v) is 1.77. The standard InChI is InChI=1S/C14H26N6O2/c1-7-15-13(16-8-11-17-10(2)22-19-11)20(6)9-12(21)18-14(3,4)5/h7-9H2,1-6H3,(H,15,16)(H,18,21). The second-order valence-corrected chi connectivity index (χ2v) is 6.05. The lowest BCUT2D eigenvalue weighted by Gasteiger charge is -2.25. The van der Waals surface area contributed by atoms with Crippen LogP contribution in [0.25, 0.3) is 0 Å². The molecule has 0 spiro atoms. The van der Waals surface area contributed by atoms with Crippen LogP contribution in [0.1, 0.15) is 39.4 Å². The van der Waals surface area contributed by atoms with Gasteiger partial charge in [-0.05, 0) is 27.7 Å². The van der Waals surface area contributed by atoms with E-state index in [0.29, 0.717) is 30.8 Å². The van der Waals surface area contributed by atoms with E-state index >= 15 is 0 Å². The summed E-state index contributed by atoms with van der Waals surface area (Å²) in [7, 11) is 1.81. The van der Waals surface area contributed by atoms with Crippen molar-refractivity contribution in [3.8, 4) is 0 Å². The highest BCUT2D eigenvalue weighted by Crippen LogP contribution is 2.00. The maximum atomic E-state index is 12.0. The number of aryl methyl sites for hydroxylation is 1. The van der Waals surface area contributed by atoms with Gasteiger partial charge in [-0.25, -0.2) is 4.99 Å². The molecule has 1 aromatic heterocycles. The third-order valence-electron chi connectivity index (χ3n) is 2.53. The first kappa shape index (κ1) is 17.9. The number of aliphatic imine (C=N–C) groups is 1. The van der Waals surface area contributed by atoms with Crippen molar-refractivity contribution < 1.29 is 9.32 Å². The van der Waals surface area contributed by atoms with Crippen LogP contribution in [0, 0.1) is 6.92 Å². The molecule has 0 saturated carbocycles. The summed E-state index contributed by atoms with van der Waals surface area (Å²) >= 11 is 0. The minimum absolute atomic E-state index is 0.0593. The molecule has 0 aromatic carbocycles. The van der Waals surface area contributed by atoms with E-state index in [9.17, 15) is 4.79 Å². The van der Waals surface area contributed by atoms with Gasteiger partial charge in [0.05, 0.1) is 6.54 Å². The molecule has 0 fully saturated rings. The van der Waals surface area contributed by atoms with Gasteiger partial charge in [-0.2, -0.15) is 4.98 Å².